The Balaban J connectivity index is 1.90. The number of ether oxygens (including phenoxy) is 1. The molecule has 0 saturated carbocycles. The summed E-state index contributed by atoms with van der Waals surface area (Å²) in [7, 11) is 0. The fourth-order valence-electron chi connectivity index (χ4n) is 2.19. The third-order valence-corrected chi connectivity index (χ3v) is 4.44. The molecule has 2 aromatic carbocycles. The zero-order valence-electron chi connectivity index (χ0n) is 13.0. The lowest BCUT2D eigenvalue weighted by Crippen LogP contribution is -2.05. The quantitative estimate of drug-likeness (QED) is 0.311. The van der Waals surface area contributed by atoms with Crippen LogP contribution >= 0.6 is 11.3 Å². The van der Waals surface area contributed by atoms with E-state index in [1.54, 1.807) is 12.1 Å². The van der Waals surface area contributed by atoms with Gasteiger partial charge in [0.15, 0.2) is 11.5 Å². The van der Waals surface area contributed by atoms with E-state index in [0.717, 1.165) is 22.9 Å². The van der Waals surface area contributed by atoms with Gasteiger partial charge in [-0.3, -0.25) is 10.1 Å². The first-order valence-corrected chi connectivity index (χ1v) is 8.06. The maximum absolute atomic E-state index is 13.3. The smallest absolute Gasteiger partial charge is 0.311 e. The summed E-state index contributed by atoms with van der Waals surface area (Å²) in [6.45, 7) is -0.539. The Morgan fingerprint density at radius 2 is 2.15 bits per heavy atom. The molecule has 1 heterocycles. The second kappa shape index (κ2) is 7.16. The predicted octanol–water partition coefficient (Wildman–Crippen LogP) is 4.22. The highest BCUT2D eigenvalue weighted by Gasteiger charge is 2.18. The molecule has 0 amide bonds. The maximum Gasteiger partial charge on any atom is 0.311 e. The summed E-state index contributed by atoms with van der Waals surface area (Å²) in [4.78, 5) is 14.5. The van der Waals surface area contributed by atoms with E-state index in [1.807, 2.05) is 18.2 Å². The average Bonchev–Trinajstić information content (AvgIpc) is 3.04. The number of benzene rings is 2. The van der Waals surface area contributed by atoms with Gasteiger partial charge in [-0.05, 0) is 18.2 Å². The number of para-hydroxylation sites is 1. The summed E-state index contributed by atoms with van der Waals surface area (Å²) in [6.07, 6.45) is 0. The van der Waals surface area contributed by atoms with E-state index in [0.29, 0.717) is 10.5 Å². The number of thiazole rings is 1. The third-order valence-electron chi connectivity index (χ3n) is 3.39. The summed E-state index contributed by atoms with van der Waals surface area (Å²) in [5.41, 5.74) is 0.123. The van der Waals surface area contributed by atoms with Crippen LogP contribution in [0.15, 0.2) is 48.2 Å². The number of fused-ring (bicyclic) bond motifs is 1. The Kier molecular flexibility index (Phi) is 4.77. The van der Waals surface area contributed by atoms with Crippen LogP contribution in [0.25, 0.3) is 15.8 Å². The number of allylic oxidation sites excluding steroid dienone is 1. The van der Waals surface area contributed by atoms with E-state index in [9.17, 15) is 24.9 Å². The monoisotopic (exact) mass is 371 g/mol. The second-order valence-electron chi connectivity index (χ2n) is 5.08. The lowest BCUT2D eigenvalue weighted by Gasteiger charge is -2.07. The standard InChI is InChI=1S/C17H10FN3O4S/c18-10-5-6-13(21(23)24)15(7-10)25-9-14(22)11(8-19)17-20-12-3-1-2-4-16(12)26-17/h1-7,22H,9H2/b14-11-. The summed E-state index contributed by atoms with van der Waals surface area (Å²) in [5.74, 6) is -1.52. The minimum atomic E-state index is -0.728. The van der Waals surface area contributed by atoms with Gasteiger partial charge in [-0.15, -0.1) is 11.3 Å². The number of halogens is 1. The number of nitro benzene ring substituents is 1. The first-order chi connectivity index (χ1) is 12.5. The van der Waals surface area contributed by atoms with E-state index >= 15 is 0 Å². The molecular formula is C17H10FN3O4S. The van der Waals surface area contributed by atoms with Gasteiger partial charge in [0.25, 0.3) is 0 Å². The fourth-order valence-corrected chi connectivity index (χ4v) is 3.17. The molecule has 1 aromatic heterocycles. The van der Waals surface area contributed by atoms with Gasteiger partial charge in [0.2, 0.25) is 0 Å². The summed E-state index contributed by atoms with van der Waals surface area (Å²) in [5, 5.41) is 30.8. The summed E-state index contributed by atoms with van der Waals surface area (Å²) >= 11 is 1.22. The van der Waals surface area contributed by atoms with E-state index in [-0.39, 0.29) is 11.3 Å². The molecule has 0 bridgehead atoms. The van der Waals surface area contributed by atoms with E-state index in [1.165, 1.54) is 11.3 Å². The highest BCUT2D eigenvalue weighted by atomic mass is 32.1. The van der Waals surface area contributed by atoms with Crippen LogP contribution in [0.5, 0.6) is 5.75 Å². The molecule has 26 heavy (non-hydrogen) atoms. The summed E-state index contributed by atoms with van der Waals surface area (Å²) in [6, 6.07) is 11.8. The molecule has 3 rings (SSSR count). The Hall–Kier alpha value is -3.51. The molecule has 1 N–H and O–H groups in total. The number of rotatable bonds is 5. The molecule has 0 atom stereocenters. The van der Waals surface area contributed by atoms with Crippen molar-refractivity contribution in [2.75, 3.05) is 6.61 Å². The molecular weight excluding hydrogens is 361 g/mol. The molecule has 0 radical (unpaired) electrons. The largest absolute Gasteiger partial charge is 0.507 e. The van der Waals surface area contributed by atoms with Crippen LogP contribution in [0.1, 0.15) is 5.01 Å². The van der Waals surface area contributed by atoms with Gasteiger partial charge in [0.1, 0.15) is 29.1 Å². The number of nitrogens with zero attached hydrogens (tertiary/aromatic N) is 3. The molecule has 0 saturated heterocycles. The first-order valence-electron chi connectivity index (χ1n) is 7.24. The minimum absolute atomic E-state index is 0.106. The molecule has 0 spiro atoms. The highest BCUT2D eigenvalue weighted by Crippen LogP contribution is 2.30. The van der Waals surface area contributed by atoms with Crippen molar-refractivity contribution in [3.63, 3.8) is 0 Å². The van der Waals surface area contributed by atoms with Crippen LogP contribution in [0.3, 0.4) is 0 Å². The molecule has 0 aliphatic heterocycles. The van der Waals surface area contributed by atoms with Crippen molar-refractivity contribution in [3.05, 3.63) is 69.2 Å². The van der Waals surface area contributed by atoms with Crippen LogP contribution in [-0.4, -0.2) is 21.6 Å². The Labute approximate surface area is 150 Å². The van der Waals surface area contributed by atoms with Crippen molar-refractivity contribution in [1.29, 1.82) is 5.26 Å². The molecule has 0 aliphatic rings. The predicted molar refractivity (Wildman–Crippen MR) is 93.3 cm³/mol. The normalized spacial score (nSPS) is 11.7. The number of aliphatic hydroxyl groups excluding tert-OH is 1. The van der Waals surface area contributed by atoms with Crippen LogP contribution < -0.4 is 4.74 Å². The van der Waals surface area contributed by atoms with Gasteiger partial charge < -0.3 is 9.84 Å². The molecule has 9 heteroatoms. The molecule has 0 fully saturated rings. The van der Waals surface area contributed by atoms with Gasteiger partial charge in [0.05, 0.1) is 15.1 Å². The zero-order valence-corrected chi connectivity index (χ0v) is 13.9. The van der Waals surface area contributed by atoms with Crippen molar-refractivity contribution in [3.8, 4) is 11.8 Å². The Bertz CT molecular complexity index is 1040. The van der Waals surface area contributed by atoms with Crippen LogP contribution in [0, 0.1) is 27.3 Å². The first kappa shape index (κ1) is 17.3. The van der Waals surface area contributed by atoms with Crippen molar-refractivity contribution < 1.29 is 19.2 Å². The SMILES string of the molecule is N#C/C(=C(/O)COc1cc(F)ccc1[N+](=O)[O-])c1nc2ccccc2s1. The molecule has 0 aliphatic carbocycles. The van der Waals surface area contributed by atoms with Gasteiger partial charge >= 0.3 is 5.69 Å². The Morgan fingerprint density at radius 3 is 2.85 bits per heavy atom. The van der Waals surface area contributed by atoms with Crippen molar-refractivity contribution in [1.82, 2.24) is 4.98 Å². The van der Waals surface area contributed by atoms with Crippen molar-refractivity contribution in [2.24, 2.45) is 0 Å². The van der Waals surface area contributed by atoms with Gasteiger partial charge in [-0.25, -0.2) is 9.37 Å². The van der Waals surface area contributed by atoms with Gasteiger partial charge in [0, 0.05) is 12.1 Å². The number of nitro groups is 1. The van der Waals surface area contributed by atoms with Crippen molar-refractivity contribution in [2.45, 2.75) is 0 Å². The van der Waals surface area contributed by atoms with Crippen LogP contribution in [0.2, 0.25) is 0 Å². The maximum atomic E-state index is 13.3. The Morgan fingerprint density at radius 1 is 1.38 bits per heavy atom. The van der Waals surface area contributed by atoms with E-state index in [4.69, 9.17) is 4.74 Å². The van der Waals surface area contributed by atoms with E-state index < -0.39 is 28.8 Å². The third kappa shape index (κ3) is 3.45. The minimum Gasteiger partial charge on any atom is -0.507 e. The number of nitriles is 1. The molecule has 7 nitrogen and oxygen atoms in total. The average molecular weight is 371 g/mol. The zero-order chi connectivity index (χ0) is 18.7. The summed E-state index contributed by atoms with van der Waals surface area (Å²) < 4.78 is 19.3. The van der Waals surface area contributed by atoms with Crippen molar-refractivity contribution >= 4 is 32.8 Å². The van der Waals surface area contributed by atoms with Crippen LogP contribution in [0.4, 0.5) is 10.1 Å². The van der Waals surface area contributed by atoms with Gasteiger partial charge in [-0.2, -0.15) is 5.26 Å². The topological polar surface area (TPSA) is 109 Å². The molecule has 0 unspecified atom stereocenters. The van der Waals surface area contributed by atoms with E-state index in [2.05, 4.69) is 4.98 Å². The van der Waals surface area contributed by atoms with Crippen LogP contribution in [-0.2, 0) is 0 Å². The highest BCUT2D eigenvalue weighted by molar-refractivity contribution is 7.19. The lowest BCUT2D eigenvalue weighted by molar-refractivity contribution is -0.385. The number of aliphatic hydroxyl groups is 1. The van der Waals surface area contributed by atoms with Gasteiger partial charge in [-0.1, -0.05) is 12.1 Å². The lowest BCUT2D eigenvalue weighted by atomic mass is 10.2. The number of hydrogen-bond donors (Lipinski definition) is 1. The number of hydrogen-bond acceptors (Lipinski definition) is 7. The molecule has 3 aromatic rings. The second-order valence-corrected chi connectivity index (χ2v) is 6.11. The fraction of sp³-hybridized carbons (Fsp3) is 0.0588. The molecule has 130 valence electrons. The number of aromatic nitrogens is 1.